The Morgan fingerprint density at radius 1 is 1.13 bits per heavy atom. The molecular weight excluding hydrogens is 400 g/mol. The molecule has 0 fully saturated rings. The average molecular weight is 425 g/mol. The lowest BCUT2D eigenvalue weighted by Crippen LogP contribution is -2.36. The highest BCUT2D eigenvalue weighted by Gasteiger charge is 2.37. The zero-order valence-corrected chi connectivity index (χ0v) is 18.2. The first-order chi connectivity index (χ1) is 14.3. The van der Waals surface area contributed by atoms with Gasteiger partial charge in [0.05, 0.1) is 24.5 Å². The second-order valence-corrected chi connectivity index (χ2v) is 8.81. The first kappa shape index (κ1) is 21.6. The van der Waals surface area contributed by atoms with Crippen molar-refractivity contribution in [3.05, 3.63) is 45.9 Å². The molecule has 1 heterocycles. The molecule has 30 heavy (non-hydrogen) atoms. The number of nitrogens with one attached hydrogen (secondary N) is 1. The number of aliphatic carboxylic acids is 1. The van der Waals surface area contributed by atoms with E-state index in [2.05, 4.69) is 11.4 Å². The molecule has 1 aliphatic rings. The standard InChI is InChI=1S/C23H24N2O4S/c1-12-9-17(18(23(27)28)10-13(12)2)21(26)25-22-19(11-24)20(14(3)30-22)15-5-7-16(29-4)8-6-15/h5-8,17-18H,9-10H2,1-4H3,(H,25,26)(H,27,28). The van der Waals surface area contributed by atoms with Crippen molar-refractivity contribution in [2.45, 2.75) is 33.6 Å². The Bertz CT molecular complexity index is 1060. The Labute approximate surface area is 179 Å². The van der Waals surface area contributed by atoms with E-state index in [1.54, 1.807) is 7.11 Å². The summed E-state index contributed by atoms with van der Waals surface area (Å²) in [4.78, 5) is 25.7. The number of carbonyl (C=O) groups is 2. The molecule has 1 aliphatic carbocycles. The molecule has 1 aromatic carbocycles. The second-order valence-electron chi connectivity index (χ2n) is 7.59. The van der Waals surface area contributed by atoms with Crippen LogP contribution in [0.2, 0.25) is 0 Å². The van der Waals surface area contributed by atoms with Crippen molar-refractivity contribution in [2.75, 3.05) is 12.4 Å². The summed E-state index contributed by atoms with van der Waals surface area (Å²) < 4.78 is 5.19. The molecule has 6 nitrogen and oxygen atoms in total. The van der Waals surface area contributed by atoms with Crippen molar-refractivity contribution in [3.63, 3.8) is 0 Å². The molecule has 2 aromatic rings. The number of hydrogen-bond acceptors (Lipinski definition) is 5. The van der Waals surface area contributed by atoms with E-state index in [1.807, 2.05) is 45.0 Å². The minimum absolute atomic E-state index is 0.353. The number of aryl methyl sites for hydroxylation is 1. The predicted octanol–water partition coefficient (Wildman–Crippen LogP) is 4.99. The van der Waals surface area contributed by atoms with Gasteiger partial charge >= 0.3 is 5.97 Å². The maximum absolute atomic E-state index is 13.0. The van der Waals surface area contributed by atoms with Crippen molar-refractivity contribution in [2.24, 2.45) is 11.8 Å². The van der Waals surface area contributed by atoms with Crippen molar-refractivity contribution < 1.29 is 19.4 Å². The number of carboxylic acids is 1. The van der Waals surface area contributed by atoms with Crippen LogP contribution in [0.3, 0.4) is 0 Å². The van der Waals surface area contributed by atoms with E-state index in [9.17, 15) is 20.0 Å². The van der Waals surface area contributed by atoms with Crippen LogP contribution in [0.15, 0.2) is 35.4 Å². The fraction of sp³-hybridized carbons (Fsp3) is 0.348. The number of nitriles is 1. The topological polar surface area (TPSA) is 99.4 Å². The van der Waals surface area contributed by atoms with Gasteiger partial charge in [0.25, 0.3) is 0 Å². The Kier molecular flexibility index (Phi) is 6.28. The minimum atomic E-state index is -0.969. The summed E-state index contributed by atoms with van der Waals surface area (Å²) in [5.41, 5.74) is 4.09. The number of benzene rings is 1. The van der Waals surface area contributed by atoms with Gasteiger partial charge in [-0.25, -0.2) is 0 Å². The molecule has 2 N–H and O–H groups in total. The van der Waals surface area contributed by atoms with Crippen LogP contribution in [-0.4, -0.2) is 24.1 Å². The van der Waals surface area contributed by atoms with Crippen LogP contribution in [0.1, 0.15) is 37.1 Å². The molecule has 3 rings (SSSR count). The molecule has 0 saturated heterocycles. The van der Waals surface area contributed by atoms with E-state index in [-0.39, 0.29) is 5.91 Å². The minimum Gasteiger partial charge on any atom is -0.497 e. The Morgan fingerprint density at radius 3 is 2.27 bits per heavy atom. The summed E-state index contributed by atoms with van der Waals surface area (Å²) in [5.74, 6) is -2.03. The number of nitrogens with zero attached hydrogens (tertiary/aromatic N) is 1. The van der Waals surface area contributed by atoms with Gasteiger partial charge in [0.2, 0.25) is 5.91 Å². The molecule has 2 atom stereocenters. The molecular formula is C23H24N2O4S. The van der Waals surface area contributed by atoms with Gasteiger partial charge in [-0.1, -0.05) is 23.3 Å². The van der Waals surface area contributed by atoms with E-state index < -0.39 is 17.8 Å². The van der Waals surface area contributed by atoms with Crippen molar-refractivity contribution in [3.8, 4) is 22.9 Å². The average Bonchev–Trinajstić information content (AvgIpc) is 3.04. The number of amides is 1. The zero-order chi connectivity index (χ0) is 22.0. The van der Waals surface area contributed by atoms with Gasteiger partial charge in [-0.2, -0.15) is 5.26 Å². The maximum atomic E-state index is 13.0. The molecule has 0 spiro atoms. The van der Waals surface area contributed by atoms with E-state index in [0.29, 0.717) is 23.4 Å². The summed E-state index contributed by atoms with van der Waals surface area (Å²) >= 11 is 1.33. The van der Waals surface area contributed by atoms with Gasteiger partial charge < -0.3 is 15.2 Å². The number of thiophene rings is 1. The maximum Gasteiger partial charge on any atom is 0.307 e. The predicted molar refractivity (Wildman–Crippen MR) is 117 cm³/mol. The zero-order valence-electron chi connectivity index (χ0n) is 17.4. The molecule has 1 aromatic heterocycles. The number of rotatable bonds is 5. The lowest BCUT2D eigenvalue weighted by Gasteiger charge is -2.29. The van der Waals surface area contributed by atoms with E-state index in [0.717, 1.165) is 32.9 Å². The number of anilines is 1. The quantitative estimate of drug-likeness (QED) is 0.659. The molecule has 156 valence electrons. The number of methoxy groups -OCH3 is 1. The second kappa shape index (κ2) is 8.72. The van der Waals surface area contributed by atoms with Crippen molar-refractivity contribution in [1.29, 1.82) is 5.26 Å². The summed E-state index contributed by atoms with van der Waals surface area (Å²) in [6, 6.07) is 9.60. The monoisotopic (exact) mass is 424 g/mol. The molecule has 2 unspecified atom stereocenters. The van der Waals surface area contributed by atoms with Crippen molar-refractivity contribution in [1.82, 2.24) is 0 Å². The fourth-order valence-electron chi connectivity index (χ4n) is 3.88. The largest absolute Gasteiger partial charge is 0.497 e. The van der Waals surface area contributed by atoms with Crippen LogP contribution in [0, 0.1) is 30.1 Å². The normalized spacial score (nSPS) is 18.6. The van der Waals surface area contributed by atoms with Gasteiger partial charge in [-0.15, -0.1) is 11.3 Å². The number of carbonyl (C=O) groups excluding carboxylic acids is 1. The number of ether oxygens (including phenoxy) is 1. The van der Waals surface area contributed by atoms with E-state index >= 15 is 0 Å². The summed E-state index contributed by atoms with van der Waals surface area (Å²) in [7, 11) is 1.59. The third kappa shape index (κ3) is 4.10. The highest BCUT2D eigenvalue weighted by molar-refractivity contribution is 7.17. The van der Waals surface area contributed by atoms with Crippen LogP contribution in [0.4, 0.5) is 5.00 Å². The molecule has 0 bridgehead atoms. The summed E-state index contributed by atoms with van der Waals surface area (Å²) in [6.45, 7) is 5.75. The SMILES string of the molecule is COc1ccc(-c2c(C)sc(NC(=O)C3CC(C)=C(C)CC3C(=O)O)c2C#N)cc1. The first-order valence-electron chi connectivity index (χ1n) is 9.63. The van der Waals surface area contributed by atoms with E-state index in [4.69, 9.17) is 4.74 Å². The Balaban J connectivity index is 1.92. The Hall–Kier alpha value is -3.11. The van der Waals surface area contributed by atoms with Crippen LogP contribution in [-0.2, 0) is 9.59 Å². The van der Waals surface area contributed by atoms with Gasteiger partial charge in [0, 0.05) is 10.4 Å². The van der Waals surface area contributed by atoms with Gasteiger partial charge in [-0.05, 0) is 51.3 Å². The lowest BCUT2D eigenvalue weighted by molar-refractivity contribution is -0.146. The molecule has 0 radical (unpaired) electrons. The molecule has 1 amide bonds. The van der Waals surface area contributed by atoms with Crippen LogP contribution in [0.25, 0.3) is 11.1 Å². The fourth-order valence-corrected chi connectivity index (χ4v) is 4.91. The van der Waals surface area contributed by atoms with E-state index in [1.165, 1.54) is 11.3 Å². The van der Waals surface area contributed by atoms with Gasteiger partial charge in [0.1, 0.15) is 16.8 Å². The Morgan fingerprint density at radius 2 is 1.73 bits per heavy atom. The highest BCUT2D eigenvalue weighted by Crippen LogP contribution is 2.41. The number of carboxylic acid groups (broad SMARTS) is 1. The summed E-state index contributed by atoms with van der Waals surface area (Å²) in [5, 5.41) is 22.7. The number of hydrogen-bond donors (Lipinski definition) is 2. The van der Waals surface area contributed by atoms with Gasteiger partial charge in [0.15, 0.2) is 0 Å². The van der Waals surface area contributed by atoms with Gasteiger partial charge in [-0.3, -0.25) is 9.59 Å². The van der Waals surface area contributed by atoms with Crippen LogP contribution in [0.5, 0.6) is 5.75 Å². The smallest absolute Gasteiger partial charge is 0.307 e. The third-order valence-electron chi connectivity index (χ3n) is 5.73. The lowest BCUT2D eigenvalue weighted by atomic mass is 9.76. The molecule has 0 aliphatic heterocycles. The highest BCUT2D eigenvalue weighted by atomic mass is 32.1. The third-order valence-corrected chi connectivity index (χ3v) is 6.75. The first-order valence-corrected chi connectivity index (χ1v) is 10.4. The number of allylic oxidation sites excluding steroid dienone is 2. The van der Waals surface area contributed by atoms with Crippen LogP contribution >= 0.6 is 11.3 Å². The van der Waals surface area contributed by atoms with Crippen molar-refractivity contribution >= 4 is 28.2 Å². The van der Waals surface area contributed by atoms with Crippen LogP contribution < -0.4 is 10.1 Å². The molecule has 0 saturated carbocycles. The molecule has 7 heteroatoms. The summed E-state index contributed by atoms with van der Waals surface area (Å²) in [6.07, 6.45) is 0.775.